The van der Waals surface area contributed by atoms with Gasteiger partial charge in [-0.1, -0.05) is 31.5 Å². The second-order valence-corrected chi connectivity index (χ2v) is 8.89. The molecular formula is C25H28ClN3O. The van der Waals surface area contributed by atoms with Crippen LogP contribution in [-0.2, 0) is 6.42 Å². The minimum atomic E-state index is 0.0763. The molecule has 3 heterocycles. The largest absolute Gasteiger partial charge is 0.361 e. The molecule has 4 rings (SSSR count). The van der Waals surface area contributed by atoms with Gasteiger partial charge in [-0.2, -0.15) is 0 Å². The summed E-state index contributed by atoms with van der Waals surface area (Å²) in [4.78, 5) is 22.5. The first kappa shape index (κ1) is 20.7. The van der Waals surface area contributed by atoms with E-state index in [2.05, 4.69) is 35.9 Å². The third-order valence-corrected chi connectivity index (χ3v) is 5.91. The van der Waals surface area contributed by atoms with Crippen molar-refractivity contribution in [1.82, 2.24) is 14.9 Å². The van der Waals surface area contributed by atoms with Crippen LogP contribution < -0.4 is 0 Å². The summed E-state index contributed by atoms with van der Waals surface area (Å²) in [7, 11) is 0. The quantitative estimate of drug-likeness (QED) is 0.531. The van der Waals surface area contributed by atoms with Crippen LogP contribution in [0.15, 0.2) is 48.8 Å². The number of carbonyl (C=O) groups excluding carboxylic acids is 1. The first-order valence-corrected chi connectivity index (χ1v) is 11.1. The molecule has 1 saturated heterocycles. The smallest absolute Gasteiger partial charge is 0.253 e. The van der Waals surface area contributed by atoms with Crippen molar-refractivity contribution < 1.29 is 4.79 Å². The molecule has 2 aromatic heterocycles. The fourth-order valence-electron chi connectivity index (χ4n) is 4.05. The van der Waals surface area contributed by atoms with Crippen molar-refractivity contribution in [2.24, 2.45) is 5.92 Å². The SMILES string of the molecule is CC(C)Cc1cc(-c2cc(-c3ccc(C(=O)N4CCCCC4)cc3Cl)c[nH]2)ccn1. The monoisotopic (exact) mass is 421 g/mol. The summed E-state index contributed by atoms with van der Waals surface area (Å²) >= 11 is 6.59. The molecule has 0 radical (unpaired) electrons. The number of nitrogens with zero attached hydrogens (tertiary/aromatic N) is 2. The van der Waals surface area contributed by atoms with E-state index in [0.717, 1.165) is 60.4 Å². The number of rotatable bonds is 5. The van der Waals surface area contributed by atoms with Gasteiger partial charge in [0.05, 0.1) is 0 Å². The fourth-order valence-corrected chi connectivity index (χ4v) is 4.34. The Labute approximate surface area is 183 Å². The Hall–Kier alpha value is -2.59. The summed E-state index contributed by atoms with van der Waals surface area (Å²) in [5.41, 5.74) is 5.83. The maximum Gasteiger partial charge on any atom is 0.253 e. The van der Waals surface area contributed by atoms with Gasteiger partial charge in [0.15, 0.2) is 0 Å². The Bertz CT molecular complexity index is 1030. The number of carbonyl (C=O) groups is 1. The van der Waals surface area contributed by atoms with Gasteiger partial charge in [-0.05, 0) is 61.9 Å². The van der Waals surface area contributed by atoms with Gasteiger partial charge in [-0.25, -0.2) is 0 Å². The molecule has 156 valence electrons. The van der Waals surface area contributed by atoms with E-state index in [1.54, 1.807) is 6.07 Å². The number of likely N-dealkylation sites (tertiary alicyclic amines) is 1. The van der Waals surface area contributed by atoms with Gasteiger partial charge >= 0.3 is 0 Å². The highest BCUT2D eigenvalue weighted by Crippen LogP contribution is 2.32. The van der Waals surface area contributed by atoms with E-state index >= 15 is 0 Å². The van der Waals surface area contributed by atoms with Crippen LogP contribution in [0.2, 0.25) is 5.02 Å². The number of halogens is 1. The van der Waals surface area contributed by atoms with Crippen LogP contribution >= 0.6 is 11.6 Å². The van der Waals surface area contributed by atoms with Crippen LogP contribution in [-0.4, -0.2) is 33.9 Å². The number of aromatic nitrogens is 2. The molecule has 0 aliphatic carbocycles. The molecule has 0 bridgehead atoms. The van der Waals surface area contributed by atoms with Crippen molar-refractivity contribution in [3.05, 3.63) is 65.1 Å². The predicted molar refractivity (Wildman–Crippen MR) is 123 cm³/mol. The van der Waals surface area contributed by atoms with E-state index in [-0.39, 0.29) is 5.91 Å². The zero-order valence-corrected chi connectivity index (χ0v) is 18.4. The van der Waals surface area contributed by atoms with Crippen molar-refractivity contribution in [3.63, 3.8) is 0 Å². The number of amides is 1. The zero-order valence-electron chi connectivity index (χ0n) is 17.6. The standard InChI is InChI=1S/C25H28ClN3O/c1-17(2)12-21-13-18(8-9-27-21)24-15-20(16-28-24)22-7-6-19(14-23(22)26)25(30)29-10-4-3-5-11-29/h6-9,13-17,28H,3-5,10-12H2,1-2H3. The van der Waals surface area contributed by atoms with Crippen LogP contribution in [0.4, 0.5) is 0 Å². The van der Waals surface area contributed by atoms with Gasteiger partial charge in [0.1, 0.15) is 0 Å². The lowest BCUT2D eigenvalue weighted by atomic mass is 10.0. The summed E-state index contributed by atoms with van der Waals surface area (Å²) in [6.07, 6.45) is 8.15. The van der Waals surface area contributed by atoms with E-state index in [1.807, 2.05) is 35.5 Å². The first-order valence-electron chi connectivity index (χ1n) is 10.7. The number of aromatic amines is 1. The molecule has 1 aromatic carbocycles. The maximum atomic E-state index is 12.8. The average molecular weight is 422 g/mol. The Balaban J connectivity index is 1.55. The van der Waals surface area contributed by atoms with Gasteiger partial charge < -0.3 is 9.88 Å². The van der Waals surface area contributed by atoms with Gasteiger partial charge in [-0.3, -0.25) is 9.78 Å². The lowest BCUT2D eigenvalue weighted by Gasteiger charge is -2.26. The Morgan fingerprint density at radius 3 is 2.63 bits per heavy atom. The minimum absolute atomic E-state index is 0.0763. The highest BCUT2D eigenvalue weighted by Gasteiger charge is 2.19. The van der Waals surface area contributed by atoms with Crippen LogP contribution in [0, 0.1) is 5.92 Å². The summed E-state index contributed by atoms with van der Waals surface area (Å²) in [6, 6.07) is 11.9. The fraction of sp³-hybridized carbons (Fsp3) is 0.360. The van der Waals surface area contributed by atoms with Gasteiger partial charge in [0, 0.05) is 64.1 Å². The lowest BCUT2D eigenvalue weighted by Crippen LogP contribution is -2.35. The highest BCUT2D eigenvalue weighted by molar-refractivity contribution is 6.33. The molecule has 1 aliphatic rings. The van der Waals surface area contributed by atoms with E-state index in [9.17, 15) is 4.79 Å². The minimum Gasteiger partial charge on any atom is -0.361 e. The normalized spacial score (nSPS) is 14.3. The summed E-state index contributed by atoms with van der Waals surface area (Å²) in [5, 5.41) is 0.596. The summed E-state index contributed by atoms with van der Waals surface area (Å²) in [5.74, 6) is 0.643. The molecule has 4 nitrogen and oxygen atoms in total. The number of nitrogens with one attached hydrogen (secondary N) is 1. The van der Waals surface area contributed by atoms with Gasteiger partial charge in [0.2, 0.25) is 0 Å². The number of pyridine rings is 1. The average Bonchev–Trinajstić information content (AvgIpc) is 3.23. The lowest BCUT2D eigenvalue weighted by molar-refractivity contribution is 0.0724. The molecule has 0 atom stereocenters. The molecule has 0 saturated carbocycles. The summed E-state index contributed by atoms with van der Waals surface area (Å²) < 4.78 is 0. The topological polar surface area (TPSA) is 49.0 Å². The highest BCUT2D eigenvalue weighted by atomic mass is 35.5. The molecule has 3 aromatic rings. The third kappa shape index (κ3) is 4.59. The Kier molecular flexibility index (Phi) is 6.24. The molecule has 1 aliphatic heterocycles. The first-order chi connectivity index (χ1) is 14.5. The third-order valence-electron chi connectivity index (χ3n) is 5.60. The molecule has 30 heavy (non-hydrogen) atoms. The molecule has 1 N–H and O–H groups in total. The second-order valence-electron chi connectivity index (χ2n) is 8.48. The number of H-pyrrole nitrogens is 1. The van der Waals surface area contributed by atoms with Crippen molar-refractivity contribution in [2.45, 2.75) is 39.5 Å². The van der Waals surface area contributed by atoms with Gasteiger partial charge in [-0.15, -0.1) is 0 Å². The van der Waals surface area contributed by atoms with Crippen molar-refractivity contribution in [3.8, 4) is 22.4 Å². The molecule has 1 amide bonds. The number of hydrogen-bond donors (Lipinski definition) is 1. The van der Waals surface area contributed by atoms with Crippen molar-refractivity contribution >= 4 is 17.5 Å². The molecule has 5 heteroatoms. The van der Waals surface area contributed by atoms with Crippen LogP contribution in [0.5, 0.6) is 0 Å². The van der Waals surface area contributed by atoms with Crippen molar-refractivity contribution in [1.29, 1.82) is 0 Å². The maximum absolute atomic E-state index is 12.8. The number of benzene rings is 1. The second kappa shape index (κ2) is 9.05. The van der Waals surface area contributed by atoms with E-state index in [4.69, 9.17) is 11.6 Å². The van der Waals surface area contributed by atoms with Crippen LogP contribution in [0.3, 0.4) is 0 Å². The van der Waals surface area contributed by atoms with Gasteiger partial charge in [0.25, 0.3) is 5.91 Å². The number of hydrogen-bond acceptors (Lipinski definition) is 2. The predicted octanol–water partition coefficient (Wildman–Crippen LogP) is 6.22. The van der Waals surface area contributed by atoms with Crippen LogP contribution in [0.1, 0.15) is 49.2 Å². The zero-order chi connectivity index (χ0) is 21.1. The van der Waals surface area contributed by atoms with E-state index in [0.29, 0.717) is 16.5 Å². The number of piperidine rings is 1. The van der Waals surface area contributed by atoms with E-state index < -0.39 is 0 Å². The Morgan fingerprint density at radius 1 is 1.10 bits per heavy atom. The van der Waals surface area contributed by atoms with Crippen molar-refractivity contribution in [2.75, 3.05) is 13.1 Å². The molecule has 0 unspecified atom stereocenters. The van der Waals surface area contributed by atoms with E-state index in [1.165, 1.54) is 6.42 Å². The summed E-state index contributed by atoms with van der Waals surface area (Å²) in [6.45, 7) is 6.07. The molecule has 1 fully saturated rings. The molecule has 0 spiro atoms. The molecular weight excluding hydrogens is 394 g/mol. The van der Waals surface area contributed by atoms with Crippen LogP contribution in [0.25, 0.3) is 22.4 Å². The Morgan fingerprint density at radius 2 is 1.90 bits per heavy atom.